The monoisotopic (exact) mass is 484 g/mol. The van der Waals surface area contributed by atoms with Crippen LogP contribution in [0.25, 0.3) is 5.69 Å². The Morgan fingerprint density at radius 1 is 1.09 bits per heavy atom. The van der Waals surface area contributed by atoms with Crippen LogP contribution in [0.15, 0.2) is 48.7 Å². The Labute approximate surface area is 187 Å². The third kappa shape index (κ3) is 4.40. The minimum Gasteiger partial charge on any atom is -0.479 e. The maximum atomic E-state index is 13.8. The first-order chi connectivity index (χ1) is 15.8. The number of nitrogens with zero attached hydrogens (tertiary/aromatic N) is 2. The van der Waals surface area contributed by atoms with Crippen molar-refractivity contribution in [3.63, 3.8) is 0 Å². The van der Waals surface area contributed by atoms with Crippen molar-refractivity contribution in [3.8, 4) is 11.4 Å². The zero-order valence-corrected chi connectivity index (χ0v) is 17.1. The van der Waals surface area contributed by atoms with Crippen LogP contribution in [0.3, 0.4) is 0 Å². The Balaban J connectivity index is 1.68. The summed E-state index contributed by atoms with van der Waals surface area (Å²) >= 11 is 0. The number of fused-ring (bicyclic) bond motifs is 1. The highest BCUT2D eigenvalue weighted by Gasteiger charge is 2.41. The molecule has 1 atom stereocenters. The molecule has 4 rings (SSSR count). The third-order valence-corrected chi connectivity index (χ3v) is 4.87. The number of alkyl halides is 6. The number of ether oxygens (including phenoxy) is 1. The first-order valence-electron chi connectivity index (χ1n) is 9.60. The molecule has 2 N–H and O–H groups in total. The van der Waals surface area contributed by atoms with E-state index >= 15 is 0 Å². The normalized spacial score (nSPS) is 15.9. The van der Waals surface area contributed by atoms with Gasteiger partial charge in [-0.15, -0.1) is 0 Å². The number of carbonyl (C=O) groups is 2. The average molecular weight is 484 g/mol. The zero-order chi connectivity index (χ0) is 24.8. The molecule has 0 saturated carbocycles. The van der Waals surface area contributed by atoms with E-state index in [9.17, 15) is 35.9 Å². The van der Waals surface area contributed by atoms with Crippen molar-refractivity contribution in [2.75, 3.05) is 10.6 Å². The molecule has 1 aliphatic rings. The number of benzene rings is 2. The maximum Gasteiger partial charge on any atom is 0.434 e. The summed E-state index contributed by atoms with van der Waals surface area (Å²) in [6, 6.07) is 7.20. The van der Waals surface area contributed by atoms with Crippen molar-refractivity contribution in [2.45, 2.75) is 25.4 Å². The molecule has 0 saturated heterocycles. The topological polar surface area (TPSA) is 85.2 Å². The predicted molar refractivity (Wildman–Crippen MR) is 107 cm³/mol. The van der Waals surface area contributed by atoms with Gasteiger partial charge in [0.1, 0.15) is 5.75 Å². The standard InChI is InChI=1S/C21H14F6N4O3/c1-10-18(32)30-15-8-12(5-6-16(15)34-10)29-19(33)14-9-28-31(17(14)21(25,26)27)13-4-2-3-11(7-13)20(22,23)24/h2-10H,1H3,(H,29,33)(H,30,32). The van der Waals surface area contributed by atoms with Gasteiger partial charge >= 0.3 is 12.4 Å². The second-order valence-electron chi connectivity index (χ2n) is 7.28. The molecule has 1 aliphatic heterocycles. The average Bonchev–Trinajstić information content (AvgIpc) is 3.20. The number of anilines is 2. The molecule has 0 radical (unpaired) electrons. The molecule has 0 aliphatic carbocycles. The lowest BCUT2D eigenvalue weighted by Gasteiger charge is -2.23. The molecule has 2 aromatic carbocycles. The van der Waals surface area contributed by atoms with E-state index in [1.54, 1.807) is 0 Å². The van der Waals surface area contributed by atoms with Crippen LogP contribution in [0.2, 0.25) is 0 Å². The van der Waals surface area contributed by atoms with Gasteiger partial charge in [0.25, 0.3) is 11.8 Å². The van der Waals surface area contributed by atoms with Gasteiger partial charge in [-0.2, -0.15) is 31.4 Å². The van der Waals surface area contributed by atoms with Crippen LogP contribution in [-0.2, 0) is 17.1 Å². The molecular weight excluding hydrogens is 470 g/mol. The molecule has 178 valence electrons. The van der Waals surface area contributed by atoms with Gasteiger partial charge in [0, 0.05) is 5.69 Å². The number of aromatic nitrogens is 2. The van der Waals surface area contributed by atoms with Crippen molar-refractivity contribution < 1.29 is 40.7 Å². The highest BCUT2D eigenvalue weighted by Crippen LogP contribution is 2.36. The van der Waals surface area contributed by atoms with Crippen molar-refractivity contribution in [1.29, 1.82) is 0 Å². The first-order valence-corrected chi connectivity index (χ1v) is 9.60. The fourth-order valence-electron chi connectivity index (χ4n) is 3.28. The van der Waals surface area contributed by atoms with Gasteiger partial charge in [-0.1, -0.05) is 6.07 Å². The molecule has 0 fully saturated rings. The molecule has 13 heteroatoms. The molecule has 0 spiro atoms. The highest BCUT2D eigenvalue weighted by molar-refractivity contribution is 6.06. The van der Waals surface area contributed by atoms with Crippen LogP contribution < -0.4 is 15.4 Å². The van der Waals surface area contributed by atoms with E-state index in [-0.39, 0.29) is 16.1 Å². The summed E-state index contributed by atoms with van der Waals surface area (Å²) in [6.07, 6.45) is -10.0. The largest absolute Gasteiger partial charge is 0.479 e. The van der Waals surface area contributed by atoms with E-state index in [0.29, 0.717) is 24.1 Å². The zero-order valence-electron chi connectivity index (χ0n) is 17.1. The lowest BCUT2D eigenvalue weighted by atomic mass is 10.1. The summed E-state index contributed by atoms with van der Waals surface area (Å²) in [4.78, 5) is 24.4. The quantitative estimate of drug-likeness (QED) is 0.519. The minimum absolute atomic E-state index is 0.0437. The van der Waals surface area contributed by atoms with Crippen molar-refractivity contribution in [1.82, 2.24) is 9.78 Å². The Bertz CT molecular complexity index is 1280. The maximum absolute atomic E-state index is 13.8. The fraction of sp³-hybridized carbons (Fsp3) is 0.190. The van der Waals surface area contributed by atoms with Crippen LogP contribution in [-0.4, -0.2) is 27.7 Å². The number of rotatable bonds is 3. The van der Waals surface area contributed by atoms with Gasteiger partial charge in [0.05, 0.1) is 28.7 Å². The molecule has 0 bridgehead atoms. The van der Waals surface area contributed by atoms with Gasteiger partial charge in [0.2, 0.25) is 0 Å². The number of halogens is 6. The highest BCUT2D eigenvalue weighted by atomic mass is 19.4. The number of hydrogen-bond acceptors (Lipinski definition) is 4. The Morgan fingerprint density at radius 2 is 1.82 bits per heavy atom. The molecular formula is C21H14F6N4O3. The van der Waals surface area contributed by atoms with Crippen molar-refractivity contribution in [2.24, 2.45) is 0 Å². The predicted octanol–water partition coefficient (Wildman–Crippen LogP) is 4.88. The molecule has 1 unspecified atom stereocenters. The number of nitrogens with one attached hydrogen (secondary N) is 2. The Morgan fingerprint density at radius 3 is 2.50 bits per heavy atom. The molecule has 34 heavy (non-hydrogen) atoms. The van der Waals surface area contributed by atoms with Crippen LogP contribution in [0.1, 0.15) is 28.5 Å². The van der Waals surface area contributed by atoms with E-state index in [1.807, 2.05) is 0 Å². The lowest BCUT2D eigenvalue weighted by molar-refractivity contribution is -0.143. The van der Waals surface area contributed by atoms with Gasteiger partial charge in [-0.25, -0.2) is 4.68 Å². The van der Waals surface area contributed by atoms with Crippen LogP contribution >= 0.6 is 0 Å². The van der Waals surface area contributed by atoms with Crippen LogP contribution in [0.5, 0.6) is 5.75 Å². The van der Waals surface area contributed by atoms with E-state index in [4.69, 9.17) is 4.74 Å². The molecule has 3 aromatic rings. The number of carbonyl (C=O) groups excluding carboxylic acids is 2. The van der Waals surface area contributed by atoms with E-state index in [2.05, 4.69) is 15.7 Å². The van der Waals surface area contributed by atoms with Gasteiger partial charge in [-0.05, 0) is 43.3 Å². The van der Waals surface area contributed by atoms with E-state index < -0.39 is 52.8 Å². The van der Waals surface area contributed by atoms with Gasteiger partial charge in [0.15, 0.2) is 11.8 Å². The molecule has 2 heterocycles. The van der Waals surface area contributed by atoms with Crippen molar-refractivity contribution >= 4 is 23.2 Å². The smallest absolute Gasteiger partial charge is 0.434 e. The van der Waals surface area contributed by atoms with Gasteiger partial charge in [-0.3, -0.25) is 9.59 Å². The van der Waals surface area contributed by atoms with Gasteiger partial charge < -0.3 is 15.4 Å². The number of amides is 2. The summed E-state index contributed by atoms with van der Waals surface area (Å²) < 4.78 is 86.1. The Kier molecular flexibility index (Phi) is 5.50. The fourth-order valence-corrected chi connectivity index (χ4v) is 3.28. The summed E-state index contributed by atoms with van der Waals surface area (Å²) in [5.74, 6) is -1.35. The summed E-state index contributed by atoms with van der Waals surface area (Å²) in [5.41, 5.74) is -3.90. The van der Waals surface area contributed by atoms with Crippen LogP contribution in [0, 0.1) is 0 Å². The van der Waals surface area contributed by atoms with Crippen LogP contribution in [0.4, 0.5) is 37.7 Å². The second kappa shape index (κ2) is 8.08. The SMILES string of the molecule is CC1Oc2ccc(NC(=O)c3cnn(-c4cccc(C(F)(F)F)c4)c3C(F)(F)F)cc2NC1=O. The van der Waals surface area contributed by atoms with E-state index in [1.165, 1.54) is 25.1 Å². The van der Waals surface area contributed by atoms with Crippen molar-refractivity contribution in [3.05, 3.63) is 65.5 Å². The first kappa shape index (κ1) is 23.1. The third-order valence-electron chi connectivity index (χ3n) is 4.87. The Hall–Kier alpha value is -4.03. The number of hydrogen-bond donors (Lipinski definition) is 2. The molecule has 7 nitrogen and oxygen atoms in total. The summed E-state index contributed by atoms with van der Waals surface area (Å²) in [6.45, 7) is 1.52. The molecule has 1 aromatic heterocycles. The second-order valence-corrected chi connectivity index (χ2v) is 7.28. The lowest BCUT2D eigenvalue weighted by Crippen LogP contribution is -2.34. The minimum atomic E-state index is -5.12. The molecule has 2 amide bonds. The summed E-state index contributed by atoms with van der Waals surface area (Å²) in [5, 5.41) is 8.33. The van der Waals surface area contributed by atoms with E-state index in [0.717, 1.165) is 12.1 Å². The summed E-state index contributed by atoms with van der Waals surface area (Å²) in [7, 11) is 0.